The number of benzene rings is 4. The summed E-state index contributed by atoms with van der Waals surface area (Å²) in [5, 5.41) is 9.66. The average molecular weight is 411 g/mol. The highest BCUT2D eigenvalue weighted by molar-refractivity contribution is 5.69. The number of tetrazole rings is 1. The van der Waals surface area contributed by atoms with Crippen LogP contribution in [0.5, 0.6) is 0 Å². The van der Waals surface area contributed by atoms with Gasteiger partial charge in [0.2, 0.25) is 0 Å². The number of halogens is 1. The molecular weight excluding hydrogens is 392 g/mol. The Bertz CT molecular complexity index is 1180. The van der Waals surface area contributed by atoms with Gasteiger partial charge in [0.1, 0.15) is 5.69 Å². The molecule has 0 unspecified atom stereocenters. The molecule has 0 aliphatic rings. The third kappa shape index (κ3) is 3.86. The Balaban J connectivity index is 0.00000218. The Labute approximate surface area is 181 Å². The predicted octanol–water partition coefficient (Wildman–Crippen LogP) is 1.88. The maximum atomic E-state index is 4.83. The van der Waals surface area contributed by atoms with Crippen LogP contribution in [0.1, 0.15) is 0 Å². The van der Waals surface area contributed by atoms with Gasteiger partial charge in [-0.25, -0.2) is 0 Å². The molecule has 0 saturated heterocycles. The smallest absolute Gasteiger partial charge is 0.340 e. The van der Waals surface area contributed by atoms with E-state index >= 15 is 0 Å². The monoisotopic (exact) mass is 410 g/mol. The SMILES string of the molecule is [Cl-].c1ccc(-c2cccc(-c3nn(-c4ccccc4)[n+](-c4ccccc4)n3)c2)cc1. The van der Waals surface area contributed by atoms with Gasteiger partial charge in [-0.15, -0.1) is 0 Å². The lowest BCUT2D eigenvalue weighted by molar-refractivity contribution is -0.734. The minimum absolute atomic E-state index is 0. The van der Waals surface area contributed by atoms with E-state index < -0.39 is 0 Å². The summed E-state index contributed by atoms with van der Waals surface area (Å²) < 4.78 is 0. The quantitative estimate of drug-likeness (QED) is 0.424. The van der Waals surface area contributed by atoms with E-state index in [4.69, 9.17) is 10.2 Å². The fraction of sp³-hybridized carbons (Fsp3) is 0. The van der Waals surface area contributed by atoms with E-state index in [-0.39, 0.29) is 12.4 Å². The third-order valence-corrected chi connectivity index (χ3v) is 4.76. The molecule has 5 heteroatoms. The van der Waals surface area contributed by atoms with Gasteiger partial charge in [-0.3, -0.25) is 0 Å². The number of rotatable bonds is 4. The van der Waals surface area contributed by atoms with Crippen molar-refractivity contribution in [1.82, 2.24) is 15.0 Å². The number of nitrogens with zero attached hydrogens (tertiary/aromatic N) is 4. The molecule has 1 heterocycles. The van der Waals surface area contributed by atoms with Crippen LogP contribution in [-0.2, 0) is 0 Å². The Morgan fingerprint density at radius 2 is 1.13 bits per heavy atom. The van der Waals surface area contributed by atoms with Crippen molar-refractivity contribution in [2.24, 2.45) is 0 Å². The van der Waals surface area contributed by atoms with Crippen LogP contribution in [0.3, 0.4) is 0 Å². The summed E-state index contributed by atoms with van der Waals surface area (Å²) in [5.74, 6) is 0.676. The molecule has 4 aromatic carbocycles. The van der Waals surface area contributed by atoms with Crippen molar-refractivity contribution in [2.45, 2.75) is 0 Å². The van der Waals surface area contributed by atoms with Gasteiger partial charge in [-0.2, -0.15) is 0 Å². The van der Waals surface area contributed by atoms with E-state index in [1.54, 1.807) is 0 Å². The molecule has 5 rings (SSSR count). The largest absolute Gasteiger partial charge is 1.00 e. The first-order chi connectivity index (χ1) is 14.4. The molecule has 5 aromatic rings. The van der Waals surface area contributed by atoms with Crippen molar-refractivity contribution in [1.29, 1.82) is 0 Å². The summed E-state index contributed by atoms with van der Waals surface area (Å²) >= 11 is 0. The van der Waals surface area contributed by atoms with Crippen LogP contribution < -0.4 is 17.2 Å². The Morgan fingerprint density at radius 3 is 1.83 bits per heavy atom. The molecular formula is C25H19ClN4. The highest BCUT2D eigenvalue weighted by Crippen LogP contribution is 2.24. The standard InChI is InChI=1S/C25H19N4.ClH/c1-4-11-20(12-5-1)21-13-10-14-22(19-21)25-26-28(23-15-6-2-7-16-23)29(27-25)24-17-8-3-9-18-24;/h1-19H;1H/q+1;/p-1. The van der Waals surface area contributed by atoms with Gasteiger partial charge in [0.15, 0.2) is 5.69 Å². The zero-order chi connectivity index (χ0) is 19.5. The molecule has 0 aliphatic carbocycles. The minimum atomic E-state index is 0. The summed E-state index contributed by atoms with van der Waals surface area (Å²) in [4.78, 5) is 3.67. The van der Waals surface area contributed by atoms with Crippen LogP contribution in [0.25, 0.3) is 33.9 Å². The molecule has 0 amide bonds. The van der Waals surface area contributed by atoms with E-state index in [0.29, 0.717) is 5.82 Å². The van der Waals surface area contributed by atoms with Gasteiger partial charge < -0.3 is 12.4 Å². The first-order valence-electron chi connectivity index (χ1n) is 9.55. The van der Waals surface area contributed by atoms with Crippen molar-refractivity contribution in [3.63, 3.8) is 0 Å². The molecule has 0 saturated carbocycles. The molecule has 4 nitrogen and oxygen atoms in total. The topological polar surface area (TPSA) is 34.6 Å². The molecule has 0 aliphatic heterocycles. The molecule has 1 aromatic heterocycles. The number of aromatic nitrogens is 4. The highest BCUT2D eigenvalue weighted by Gasteiger charge is 2.23. The minimum Gasteiger partial charge on any atom is -1.00 e. The van der Waals surface area contributed by atoms with Crippen molar-refractivity contribution in [3.05, 3.63) is 115 Å². The van der Waals surface area contributed by atoms with Gasteiger partial charge in [0, 0.05) is 4.80 Å². The van der Waals surface area contributed by atoms with Gasteiger partial charge in [0.25, 0.3) is 0 Å². The zero-order valence-electron chi connectivity index (χ0n) is 16.1. The zero-order valence-corrected chi connectivity index (χ0v) is 16.9. The number of hydrogen-bond acceptors (Lipinski definition) is 2. The average Bonchev–Trinajstić information content (AvgIpc) is 3.27. The van der Waals surface area contributed by atoms with E-state index in [1.165, 1.54) is 5.56 Å². The normalized spacial score (nSPS) is 10.4. The second kappa shape index (κ2) is 8.72. The van der Waals surface area contributed by atoms with Gasteiger partial charge >= 0.3 is 5.82 Å². The van der Waals surface area contributed by atoms with Crippen LogP contribution in [-0.4, -0.2) is 15.0 Å². The van der Waals surface area contributed by atoms with Crippen molar-refractivity contribution in [2.75, 3.05) is 0 Å². The molecule has 0 fully saturated rings. The van der Waals surface area contributed by atoms with Crippen molar-refractivity contribution < 1.29 is 17.2 Å². The lowest BCUT2D eigenvalue weighted by Gasteiger charge is -2.01. The van der Waals surface area contributed by atoms with Crippen LogP contribution >= 0.6 is 0 Å². The first-order valence-corrected chi connectivity index (χ1v) is 9.55. The first kappa shape index (κ1) is 19.6. The molecule has 30 heavy (non-hydrogen) atoms. The van der Waals surface area contributed by atoms with Crippen molar-refractivity contribution in [3.8, 4) is 33.9 Å². The Kier molecular flexibility index (Phi) is 5.68. The summed E-state index contributed by atoms with van der Waals surface area (Å²) in [5.41, 5.74) is 5.20. The fourth-order valence-corrected chi connectivity index (χ4v) is 3.32. The van der Waals surface area contributed by atoms with Gasteiger partial charge in [-0.05, 0) is 57.4 Å². The number of hydrogen-bond donors (Lipinski definition) is 0. The molecule has 146 valence electrons. The van der Waals surface area contributed by atoms with Gasteiger partial charge in [0.05, 0.1) is 10.7 Å². The molecule has 0 atom stereocenters. The summed E-state index contributed by atoms with van der Waals surface area (Å²) in [6.07, 6.45) is 0. The fourth-order valence-electron chi connectivity index (χ4n) is 3.32. The van der Waals surface area contributed by atoms with Gasteiger partial charge in [-0.1, -0.05) is 78.9 Å². The lowest BCUT2D eigenvalue weighted by atomic mass is 10.0. The Hall–Kier alpha value is -3.76. The predicted molar refractivity (Wildman–Crippen MR) is 114 cm³/mol. The second-order valence-corrected chi connectivity index (χ2v) is 6.72. The van der Waals surface area contributed by atoms with Crippen molar-refractivity contribution >= 4 is 0 Å². The van der Waals surface area contributed by atoms with Crippen LogP contribution in [0, 0.1) is 0 Å². The second-order valence-electron chi connectivity index (χ2n) is 6.72. The maximum Gasteiger partial charge on any atom is 0.340 e. The summed E-state index contributed by atoms with van der Waals surface area (Å²) in [6.45, 7) is 0. The van der Waals surface area contributed by atoms with Crippen LogP contribution in [0.2, 0.25) is 0 Å². The Morgan fingerprint density at radius 1 is 0.567 bits per heavy atom. The summed E-state index contributed by atoms with van der Waals surface area (Å²) in [6, 6.07) is 38.8. The van der Waals surface area contributed by atoms with E-state index in [1.807, 2.05) is 101 Å². The lowest BCUT2D eigenvalue weighted by Crippen LogP contribution is -3.00. The van der Waals surface area contributed by atoms with E-state index in [2.05, 4.69) is 24.3 Å². The maximum absolute atomic E-state index is 4.83. The number of para-hydroxylation sites is 2. The van der Waals surface area contributed by atoms with E-state index in [0.717, 1.165) is 22.5 Å². The molecule has 0 bridgehead atoms. The third-order valence-electron chi connectivity index (χ3n) is 4.76. The van der Waals surface area contributed by atoms with E-state index in [9.17, 15) is 0 Å². The highest BCUT2D eigenvalue weighted by atomic mass is 35.5. The van der Waals surface area contributed by atoms with Crippen LogP contribution in [0.4, 0.5) is 0 Å². The molecule has 0 radical (unpaired) electrons. The summed E-state index contributed by atoms with van der Waals surface area (Å²) in [7, 11) is 0. The van der Waals surface area contributed by atoms with Crippen LogP contribution in [0.15, 0.2) is 115 Å². The molecule has 0 spiro atoms. The molecule has 0 N–H and O–H groups in total.